The Kier molecular flexibility index (Phi) is 3.70. The van der Waals surface area contributed by atoms with Gasteiger partial charge < -0.3 is 15.3 Å². The van der Waals surface area contributed by atoms with Crippen LogP contribution >= 0.6 is 0 Å². The second-order valence-electron chi connectivity index (χ2n) is 7.47. The molecule has 0 bridgehead atoms. The van der Waals surface area contributed by atoms with E-state index in [0.29, 0.717) is 42.0 Å². The van der Waals surface area contributed by atoms with Gasteiger partial charge in [-0.2, -0.15) is 8.78 Å². The number of hydrogen-bond donors (Lipinski definition) is 2. The van der Waals surface area contributed by atoms with E-state index in [1.807, 2.05) is 12.1 Å². The fraction of sp³-hybridized carbons (Fsp3) is 0.474. The van der Waals surface area contributed by atoms with E-state index in [9.17, 15) is 18.3 Å². The maximum Gasteiger partial charge on any atom is 0.290 e. The molecule has 5 rings (SSSR count). The normalized spacial score (nSPS) is 23.7. The molecule has 1 fully saturated rings. The third-order valence-electron chi connectivity index (χ3n) is 5.57. The van der Waals surface area contributed by atoms with E-state index < -0.39 is 18.2 Å². The van der Waals surface area contributed by atoms with Crippen molar-refractivity contribution in [1.29, 1.82) is 0 Å². The van der Waals surface area contributed by atoms with Crippen molar-refractivity contribution < 1.29 is 18.3 Å². The van der Waals surface area contributed by atoms with Gasteiger partial charge in [-0.05, 0) is 23.6 Å². The first-order chi connectivity index (χ1) is 12.9. The Bertz CT molecular complexity index is 914. The molecule has 3 aliphatic rings. The van der Waals surface area contributed by atoms with Crippen molar-refractivity contribution in [3.8, 4) is 11.3 Å². The maximum absolute atomic E-state index is 14.4. The van der Waals surface area contributed by atoms with Crippen LogP contribution in [0.1, 0.15) is 35.0 Å². The quantitative estimate of drug-likeness (QED) is 0.843. The monoisotopic (exact) mass is 376 g/mol. The number of anilines is 1. The molecule has 0 radical (unpaired) electrons. The number of nitrogens with one attached hydrogen (secondary N) is 1. The van der Waals surface area contributed by atoms with Crippen molar-refractivity contribution in [2.75, 3.05) is 24.5 Å². The van der Waals surface area contributed by atoms with Crippen molar-refractivity contribution in [1.82, 2.24) is 15.3 Å². The molecule has 2 N–H and O–H groups in total. The smallest absolute Gasteiger partial charge is 0.290 e. The summed E-state index contributed by atoms with van der Waals surface area (Å²) in [6, 6.07) is 5.37. The van der Waals surface area contributed by atoms with Gasteiger partial charge in [-0.1, -0.05) is 12.1 Å². The molecule has 1 aromatic heterocycles. The average Bonchev–Trinajstić information content (AvgIpc) is 2.93. The molecule has 0 saturated carbocycles. The molecule has 3 heterocycles. The van der Waals surface area contributed by atoms with Gasteiger partial charge >= 0.3 is 0 Å². The van der Waals surface area contributed by atoms with Crippen LogP contribution in [-0.2, 0) is 18.9 Å². The maximum atomic E-state index is 14.4. The van der Waals surface area contributed by atoms with E-state index >= 15 is 0 Å². The van der Waals surface area contributed by atoms with Crippen LogP contribution in [0.4, 0.5) is 19.1 Å². The molecule has 0 amide bonds. The molecule has 1 atom stereocenters. The Morgan fingerprint density at radius 2 is 2.04 bits per heavy atom. The van der Waals surface area contributed by atoms with Gasteiger partial charge in [-0.15, -0.1) is 0 Å². The van der Waals surface area contributed by atoms with Gasteiger partial charge in [-0.25, -0.2) is 14.4 Å². The number of halogens is 3. The summed E-state index contributed by atoms with van der Waals surface area (Å²) >= 11 is 0. The standard InChI is InChI=1S/C19H19F3N4O/c20-15-7-23-6-11-2-1-10(5-14(11)15)16-13-3-4-19(21,22)17(13)25-18(24-16)26-8-12(27)9-26/h1-2,5,12,15,23,27H,3-4,6-9H2. The van der Waals surface area contributed by atoms with E-state index in [1.165, 1.54) is 0 Å². The molecular formula is C19H19F3N4O. The van der Waals surface area contributed by atoms with Crippen molar-refractivity contribution in [2.24, 2.45) is 0 Å². The topological polar surface area (TPSA) is 61.3 Å². The molecule has 2 aliphatic heterocycles. The Labute approximate surface area is 154 Å². The molecule has 2 aromatic rings. The summed E-state index contributed by atoms with van der Waals surface area (Å²) in [6.45, 7) is 1.48. The first kappa shape index (κ1) is 16.9. The summed E-state index contributed by atoms with van der Waals surface area (Å²) in [4.78, 5) is 10.3. The third-order valence-corrected chi connectivity index (χ3v) is 5.57. The van der Waals surface area contributed by atoms with Gasteiger partial charge in [0.1, 0.15) is 11.9 Å². The van der Waals surface area contributed by atoms with Crippen LogP contribution < -0.4 is 10.2 Å². The minimum atomic E-state index is -2.99. The second kappa shape index (κ2) is 5.90. The zero-order chi connectivity index (χ0) is 18.8. The molecule has 8 heteroatoms. The van der Waals surface area contributed by atoms with Crippen LogP contribution in [0.5, 0.6) is 0 Å². The summed E-state index contributed by atoms with van der Waals surface area (Å²) in [5.74, 6) is -2.79. The minimum Gasteiger partial charge on any atom is -0.389 e. The van der Waals surface area contributed by atoms with Gasteiger partial charge in [-0.3, -0.25) is 0 Å². The highest BCUT2D eigenvalue weighted by atomic mass is 19.3. The number of benzene rings is 1. The van der Waals surface area contributed by atoms with Crippen LogP contribution in [0.3, 0.4) is 0 Å². The van der Waals surface area contributed by atoms with Gasteiger partial charge in [0.25, 0.3) is 5.92 Å². The molecule has 5 nitrogen and oxygen atoms in total. The average molecular weight is 376 g/mol. The molecule has 0 spiro atoms. The highest BCUT2D eigenvalue weighted by Crippen LogP contribution is 2.45. The van der Waals surface area contributed by atoms with Gasteiger partial charge in [0.05, 0.1) is 11.8 Å². The van der Waals surface area contributed by atoms with Crippen molar-refractivity contribution in [3.05, 3.63) is 40.6 Å². The molecular weight excluding hydrogens is 357 g/mol. The number of hydrogen-bond acceptors (Lipinski definition) is 5. The number of aliphatic hydroxyl groups excluding tert-OH is 1. The number of alkyl halides is 3. The number of β-amino-alcohol motifs (C(OH)–C–C–N with tert-alkyl or cyclic N) is 1. The summed E-state index contributed by atoms with van der Waals surface area (Å²) < 4.78 is 43.1. The second-order valence-corrected chi connectivity index (χ2v) is 7.47. The number of nitrogens with zero attached hydrogens (tertiary/aromatic N) is 3. The molecule has 1 aliphatic carbocycles. The van der Waals surface area contributed by atoms with Crippen LogP contribution in [0.25, 0.3) is 11.3 Å². The summed E-state index contributed by atoms with van der Waals surface area (Å²) in [6.07, 6.45) is -1.72. The van der Waals surface area contributed by atoms with E-state index in [-0.39, 0.29) is 31.0 Å². The Hall–Kier alpha value is -2.19. The lowest BCUT2D eigenvalue weighted by Crippen LogP contribution is -2.51. The highest BCUT2D eigenvalue weighted by Gasteiger charge is 2.44. The first-order valence-electron chi connectivity index (χ1n) is 9.12. The van der Waals surface area contributed by atoms with E-state index in [1.54, 1.807) is 11.0 Å². The van der Waals surface area contributed by atoms with Crippen LogP contribution in [-0.4, -0.2) is 40.8 Å². The summed E-state index contributed by atoms with van der Waals surface area (Å²) in [7, 11) is 0. The molecule has 27 heavy (non-hydrogen) atoms. The van der Waals surface area contributed by atoms with E-state index in [0.717, 1.165) is 5.56 Å². The van der Waals surface area contributed by atoms with Crippen molar-refractivity contribution in [3.63, 3.8) is 0 Å². The third kappa shape index (κ3) is 2.70. The fourth-order valence-electron chi connectivity index (χ4n) is 4.05. The SMILES string of the molecule is OC1CN(c2nc(-c3ccc4c(c3)C(F)CNC4)c3c(n2)C(F)(F)CC3)C1. The van der Waals surface area contributed by atoms with Crippen LogP contribution in [0, 0.1) is 0 Å². The Morgan fingerprint density at radius 1 is 1.22 bits per heavy atom. The van der Waals surface area contributed by atoms with E-state index in [4.69, 9.17) is 0 Å². The largest absolute Gasteiger partial charge is 0.389 e. The molecule has 1 saturated heterocycles. The highest BCUT2D eigenvalue weighted by molar-refractivity contribution is 5.68. The Morgan fingerprint density at radius 3 is 2.81 bits per heavy atom. The zero-order valence-electron chi connectivity index (χ0n) is 14.6. The summed E-state index contributed by atoms with van der Waals surface area (Å²) in [5, 5.41) is 12.5. The van der Waals surface area contributed by atoms with E-state index in [2.05, 4.69) is 15.3 Å². The fourth-order valence-corrected chi connectivity index (χ4v) is 4.05. The minimum absolute atomic E-state index is 0.193. The summed E-state index contributed by atoms with van der Waals surface area (Å²) in [5.41, 5.74) is 2.75. The van der Waals surface area contributed by atoms with Crippen molar-refractivity contribution in [2.45, 2.75) is 37.6 Å². The number of aromatic nitrogens is 2. The Balaban J connectivity index is 1.65. The molecule has 142 valence electrons. The number of aliphatic hydroxyl groups is 1. The number of fused-ring (bicyclic) bond motifs is 2. The lowest BCUT2D eigenvalue weighted by molar-refractivity contribution is -0.00596. The first-order valence-corrected chi connectivity index (χ1v) is 9.12. The zero-order valence-corrected chi connectivity index (χ0v) is 14.6. The number of rotatable bonds is 2. The van der Waals surface area contributed by atoms with Crippen molar-refractivity contribution >= 4 is 5.95 Å². The van der Waals surface area contributed by atoms with Gasteiger partial charge in [0, 0.05) is 43.7 Å². The van der Waals surface area contributed by atoms with Gasteiger partial charge in [0.2, 0.25) is 5.95 Å². The van der Waals surface area contributed by atoms with Crippen LogP contribution in [0.15, 0.2) is 18.2 Å². The molecule has 1 unspecified atom stereocenters. The molecule has 1 aromatic carbocycles. The predicted molar refractivity (Wildman–Crippen MR) is 93.5 cm³/mol. The predicted octanol–water partition coefficient (Wildman–Crippen LogP) is 2.48. The lowest BCUT2D eigenvalue weighted by atomic mass is 9.94. The van der Waals surface area contributed by atoms with Crippen LogP contribution in [0.2, 0.25) is 0 Å². The van der Waals surface area contributed by atoms with Gasteiger partial charge in [0.15, 0.2) is 0 Å². The lowest BCUT2D eigenvalue weighted by Gasteiger charge is -2.36.